The highest BCUT2D eigenvalue weighted by Crippen LogP contribution is 2.51. The van der Waals surface area contributed by atoms with Gasteiger partial charge in [-0.05, 0) is 24.6 Å². The van der Waals surface area contributed by atoms with E-state index in [1.54, 1.807) is 19.1 Å². The second kappa shape index (κ2) is 4.81. The first-order valence-corrected chi connectivity index (χ1v) is 7.47. The number of methoxy groups -OCH3 is 2. The number of benzene rings is 1. The summed E-state index contributed by atoms with van der Waals surface area (Å²) in [6, 6.07) is 3.16. The molecule has 1 atom stereocenters. The number of rotatable bonds is 2. The van der Waals surface area contributed by atoms with Crippen molar-refractivity contribution in [1.82, 2.24) is 0 Å². The Morgan fingerprint density at radius 2 is 1.71 bits per heavy atom. The van der Waals surface area contributed by atoms with Crippen molar-refractivity contribution >= 4 is 11.6 Å². The van der Waals surface area contributed by atoms with Crippen LogP contribution in [0.1, 0.15) is 23.7 Å². The molecule has 126 valence electrons. The average Bonchev–Trinajstić information content (AvgIpc) is 3.13. The minimum absolute atomic E-state index is 0.0953. The number of Topliss-reactive ketones (excluding diaryl/α,β-unsaturated/α-hetero) is 2. The molecule has 0 saturated heterocycles. The van der Waals surface area contributed by atoms with Gasteiger partial charge in [0.25, 0.3) is 0 Å². The number of carbonyl (C=O) groups excluding carboxylic acids is 2. The Labute approximate surface area is 138 Å². The lowest BCUT2D eigenvalue weighted by atomic mass is 9.76. The van der Waals surface area contributed by atoms with Crippen LogP contribution in [0, 0.1) is 0 Å². The molecule has 3 aliphatic rings. The van der Waals surface area contributed by atoms with Crippen LogP contribution < -0.4 is 14.2 Å². The minimum atomic E-state index is -1.61. The highest BCUT2D eigenvalue weighted by molar-refractivity contribution is 6.13. The Hall–Kier alpha value is -2.38. The summed E-state index contributed by atoms with van der Waals surface area (Å²) in [5.41, 5.74) is -0.825. The van der Waals surface area contributed by atoms with Crippen molar-refractivity contribution in [1.29, 1.82) is 0 Å². The molecule has 0 bridgehead atoms. The molecular weight excluding hydrogens is 316 g/mol. The van der Waals surface area contributed by atoms with Gasteiger partial charge in [-0.2, -0.15) is 0 Å². The van der Waals surface area contributed by atoms with Gasteiger partial charge in [-0.25, -0.2) is 0 Å². The van der Waals surface area contributed by atoms with Gasteiger partial charge < -0.3 is 23.7 Å². The largest absolute Gasteiger partial charge is 0.472 e. The molecule has 1 aromatic rings. The van der Waals surface area contributed by atoms with Crippen molar-refractivity contribution in [2.45, 2.75) is 24.7 Å². The maximum absolute atomic E-state index is 13.2. The fourth-order valence-electron chi connectivity index (χ4n) is 3.48. The third-order valence-electron chi connectivity index (χ3n) is 4.80. The van der Waals surface area contributed by atoms with E-state index in [0.717, 1.165) is 0 Å². The molecule has 0 amide bonds. The van der Waals surface area contributed by atoms with E-state index in [4.69, 9.17) is 23.7 Å². The smallest absolute Gasteiger partial charge is 0.237 e. The zero-order valence-corrected chi connectivity index (χ0v) is 13.5. The normalized spacial score (nSPS) is 26.4. The first-order chi connectivity index (χ1) is 11.5. The van der Waals surface area contributed by atoms with Crippen LogP contribution in [-0.2, 0) is 14.3 Å². The molecule has 1 aliphatic carbocycles. The van der Waals surface area contributed by atoms with Gasteiger partial charge in [0, 0.05) is 20.3 Å². The molecule has 0 aromatic heterocycles. The number of hydrogen-bond acceptors (Lipinski definition) is 7. The van der Waals surface area contributed by atoms with Crippen LogP contribution in [0.4, 0.5) is 0 Å². The third-order valence-corrected chi connectivity index (χ3v) is 4.80. The molecule has 0 fully saturated rings. The first kappa shape index (κ1) is 15.2. The van der Waals surface area contributed by atoms with Crippen LogP contribution in [0.25, 0.3) is 0 Å². The zero-order chi connectivity index (χ0) is 17.1. The fourth-order valence-corrected chi connectivity index (χ4v) is 3.48. The monoisotopic (exact) mass is 332 g/mol. The summed E-state index contributed by atoms with van der Waals surface area (Å²) in [6.07, 6.45) is 1.33. The van der Waals surface area contributed by atoms with Gasteiger partial charge >= 0.3 is 0 Å². The van der Waals surface area contributed by atoms with Crippen molar-refractivity contribution < 1.29 is 33.3 Å². The predicted octanol–water partition coefficient (Wildman–Crippen LogP) is 1.64. The second-order valence-electron chi connectivity index (χ2n) is 5.96. The maximum atomic E-state index is 13.2. The second-order valence-corrected chi connectivity index (χ2v) is 5.96. The number of allylic oxidation sites excluding steroid dienone is 1. The average molecular weight is 332 g/mol. The van der Waals surface area contributed by atoms with E-state index in [1.807, 2.05) is 0 Å². The molecule has 4 rings (SSSR count). The van der Waals surface area contributed by atoms with Gasteiger partial charge in [0.05, 0.1) is 12.0 Å². The molecule has 7 nitrogen and oxygen atoms in total. The van der Waals surface area contributed by atoms with Crippen molar-refractivity contribution in [2.75, 3.05) is 21.0 Å². The Balaban J connectivity index is 1.89. The van der Waals surface area contributed by atoms with Crippen LogP contribution in [0.3, 0.4) is 0 Å². The van der Waals surface area contributed by atoms with Crippen LogP contribution in [0.5, 0.6) is 17.2 Å². The Kier molecular flexibility index (Phi) is 3.04. The van der Waals surface area contributed by atoms with Crippen LogP contribution in [-0.4, -0.2) is 44.0 Å². The van der Waals surface area contributed by atoms with Gasteiger partial charge in [0.15, 0.2) is 17.3 Å². The molecule has 24 heavy (non-hydrogen) atoms. The van der Waals surface area contributed by atoms with E-state index in [1.165, 1.54) is 20.3 Å². The first-order valence-electron chi connectivity index (χ1n) is 7.47. The van der Waals surface area contributed by atoms with Gasteiger partial charge in [0.2, 0.25) is 24.0 Å². The quantitative estimate of drug-likeness (QED) is 0.762. The Morgan fingerprint density at radius 1 is 1.04 bits per heavy atom. The highest BCUT2D eigenvalue weighted by Gasteiger charge is 2.66. The van der Waals surface area contributed by atoms with E-state index in [0.29, 0.717) is 28.4 Å². The summed E-state index contributed by atoms with van der Waals surface area (Å²) >= 11 is 0. The maximum Gasteiger partial charge on any atom is 0.237 e. The summed E-state index contributed by atoms with van der Waals surface area (Å²) in [6.45, 7) is 1.75. The predicted molar refractivity (Wildman–Crippen MR) is 80.4 cm³/mol. The lowest BCUT2D eigenvalue weighted by Gasteiger charge is -2.44. The Morgan fingerprint density at radius 3 is 2.38 bits per heavy atom. The third kappa shape index (κ3) is 1.68. The number of fused-ring (bicyclic) bond motifs is 2. The molecule has 0 radical (unpaired) electrons. The number of carbonyl (C=O) groups is 2. The molecule has 2 heterocycles. The van der Waals surface area contributed by atoms with Gasteiger partial charge in [-0.1, -0.05) is 0 Å². The van der Waals surface area contributed by atoms with Gasteiger partial charge in [-0.15, -0.1) is 0 Å². The molecule has 1 spiro atoms. The van der Waals surface area contributed by atoms with Crippen LogP contribution >= 0.6 is 0 Å². The van der Waals surface area contributed by atoms with Crippen LogP contribution in [0.15, 0.2) is 23.8 Å². The highest BCUT2D eigenvalue weighted by atomic mass is 16.7. The summed E-state index contributed by atoms with van der Waals surface area (Å²) in [4.78, 5) is 25.5. The molecule has 0 saturated carbocycles. The van der Waals surface area contributed by atoms with Crippen molar-refractivity contribution in [3.63, 3.8) is 0 Å². The zero-order valence-electron chi connectivity index (χ0n) is 13.5. The summed E-state index contributed by atoms with van der Waals surface area (Å²) in [7, 11) is 2.83. The van der Waals surface area contributed by atoms with Gasteiger partial charge in [-0.3, -0.25) is 9.59 Å². The fraction of sp³-hybridized carbons (Fsp3) is 0.412. The van der Waals surface area contributed by atoms with Gasteiger partial charge in [0.1, 0.15) is 5.75 Å². The molecule has 0 N–H and O–H groups in total. The number of ether oxygens (including phenoxy) is 5. The molecule has 1 unspecified atom stereocenters. The van der Waals surface area contributed by atoms with E-state index < -0.39 is 11.4 Å². The van der Waals surface area contributed by atoms with Crippen molar-refractivity contribution in [3.05, 3.63) is 29.3 Å². The topological polar surface area (TPSA) is 80.3 Å². The molecule has 7 heteroatoms. The van der Waals surface area contributed by atoms with Crippen molar-refractivity contribution in [3.8, 4) is 17.2 Å². The molecule has 2 aliphatic heterocycles. The van der Waals surface area contributed by atoms with E-state index >= 15 is 0 Å². The lowest BCUT2D eigenvalue weighted by Crippen LogP contribution is -2.64. The van der Waals surface area contributed by atoms with E-state index in [2.05, 4.69) is 0 Å². The summed E-state index contributed by atoms with van der Waals surface area (Å²) in [5.74, 6) is -0.779. The number of hydrogen-bond donors (Lipinski definition) is 0. The Bertz CT molecular complexity index is 790. The minimum Gasteiger partial charge on any atom is -0.472 e. The van der Waals surface area contributed by atoms with Crippen LogP contribution in [0.2, 0.25) is 0 Å². The molecular formula is C17H16O7. The lowest BCUT2D eigenvalue weighted by molar-refractivity contribution is -0.245. The summed E-state index contributed by atoms with van der Waals surface area (Å²) in [5, 5.41) is 0. The SMILES string of the molecule is COC1(OC)C=C(C)C(=O)CC12Oc1cc3c(cc1C2=O)OCO3. The molecule has 1 aromatic carbocycles. The van der Waals surface area contributed by atoms with Crippen molar-refractivity contribution in [2.24, 2.45) is 0 Å². The van der Waals surface area contributed by atoms with E-state index in [9.17, 15) is 9.59 Å². The number of ketones is 2. The summed E-state index contributed by atoms with van der Waals surface area (Å²) < 4.78 is 27.7. The standard InChI is InChI=1S/C17H16O7/c1-9-6-17(20-2,21-3)16(7-11(9)18)15(19)10-4-13-14(23-8-22-13)5-12(10)24-16/h4-6H,7-8H2,1-3H3. The van der Waals surface area contributed by atoms with E-state index in [-0.39, 0.29) is 24.8 Å².